The molecule has 1 spiro atoms. The Hall–Kier alpha value is -0.930. The molecular formula is C13H15ClO3. The lowest BCUT2D eigenvalue weighted by atomic mass is 10.1. The van der Waals surface area contributed by atoms with Gasteiger partial charge >= 0.3 is 0 Å². The van der Waals surface area contributed by atoms with E-state index >= 15 is 0 Å². The van der Waals surface area contributed by atoms with Crippen molar-refractivity contribution in [2.45, 2.75) is 25.9 Å². The van der Waals surface area contributed by atoms with Crippen LogP contribution < -0.4 is 9.47 Å². The van der Waals surface area contributed by atoms with Gasteiger partial charge in [0, 0.05) is 5.41 Å². The van der Waals surface area contributed by atoms with Gasteiger partial charge in [0.15, 0.2) is 11.5 Å². The van der Waals surface area contributed by atoms with Crippen LogP contribution in [0.25, 0.3) is 0 Å². The Labute approximate surface area is 105 Å². The molecule has 2 aliphatic rings. The summed E-state index contributed by atoms with van der Waals surface area (Å²) in [5.74, 6) is 1.26. The quantitative estimate of drug-likeness (QED) is 0.838. The first-order valence-electron chi connectivity index (χ1n) is 5.87. The SMILES string of the molecule is CC(O)c1cc(Cl)c2c(c1)OCC1(CC1)CO2. The summed E-state index contributed by atoms with van der Waals surface area (Å²) in [5, 5.41) is 10.1. The summed E-state index contributed by atoms with van der Waals surface area (Å²) in [7, 11) is 0. The predicted octanol–water partition coefficient (Wildman–Crippen LogP) is 2.94. The van der Waals surface area contributed by atoms with Crippen LogP contribution in [0.15, 0.2) is 12.1 Å². The molecule has 1 aliphatic carbocycles. The van der Waals surface area contributed by atoms with E-state index in [9.17, 15) is 5.11 Å². The fourth-order valence-electron chi connectivity index (χ4n) is 2.04. The molecule has 17 heavy (non-hydrogen) atoms. The van der Waals surface area contributed by atoms with Crippen molar-refractivity contribution in [3.63, 3.8) is 0 Å². The summed E-state index contributed by atoms with van der Waals surface area (Å²) in [6.45, 7) is 3.06. The average molecular weight is 255 g/mol. The molecular weight excluding hydrogens is 240 g/mol. The topological polar surface area (TPSA) is 38.7 Å². The lowest BCUT2D eigenvalue weighted by Crippen LogP contribution is -2.17. The second-order valence-electron chi connectivity index (χ2n) is 5.08. The molecule has 3 rings (SSSR count). The highest BCUT2D eigenvalue weighted by atomic mass is 35.5. The molecule has 0 amide bonds. The van der Waals surface area contributed by atoms with Gasteiger partial charge in [0.05, 0.1) is 24.3 Å². The molecule has 1 fully saturated rings. The van der Waals surface area contributed by atoms with Gasteiger partial charge in [-0.15, -0.1) is 0 Å². The second kappa shape index (κ2) is 3.79. The third-order valence-corrected chi connectivity index (χ3v) is 3.81. The first-order valence-corrected chi connectivity index (χ1v) is 6.25. The van der Waals surface area contributed by atoms with Gasteiger partial charge in [-0.3, -0.25) is 0 Å². The fourth-order valence-corrected chi connectivity index (χ4v) is 2.31. The fraction of sp³-hybridized carbons (Fsp3) is 0.538. The Morgan fingerprint density at radius 1 is 1.29 bits per heavy atom. The number of hydrogen-bond acceptors (Lipinski definition) is 3. The zero-order valence-corrected chi connectivity index (χ0v) is 10.5. The average Bonchev–Trinajstić information content (AvgIpc) is 3.07. The van der Waals surface area contributed by atoms with Crippen LogP contribution in [0.1, 0.15) is 31.4 Å². The number of benzene rings is 1. The molecule has 1 aromatic carbocycles. The van der Waals surface area contributed by atoms with E-state index in [4.69, 9.17) is 21.1 Å². The maximum Gasteiger partial charge on any atom is 0.179 e. The third-order valence-electron chi connectivity index (χ3n) is 3.53. The van der Waals surface area contributed by atoms with Gasteiger partial charge in [-0.1, -0.05) is 11.6 Å². The van der Waals surface area contributed by atoms with Crippen LogP contribution in [-0.2, 0) is 0 Å². The van der Waals surface area contributed by atoms with E-state index in [1.165, 1.54) is 0 Å². The highest BCUT2D eigenvalue weighted by molar-refractivity contribution is 6.32. The molecule has 0 bridgehead atoms. The van der Waals surface area contributed by atoms with Crippen molar-refractivity contribution in [3.05, 3.63) is 22.7 Å². The minimum absolute atomic E-state index is 0.202. The predicted molar refractivity (Wildman–Crippen MR) is 64.7 cm³/mol. The van der Waals surface area contributed by atoms with Crippen LogP contribution in [0, 0.1) is 5.41 Å². The number of rotatable bonds is 1. The summed E-state index contributed by atoms with van der Waals surface area (Å²) in [6.07, 6.45) is 1.75. The van der Waals surface area contributed by atoms with Crippen molar-refractivity contribution in [2.24, 2.45) is 5.41 Å². The molecule has 1 unspecified atom stereocenters. The van der Waals surface area contributed by atoms with Crippen molar-refractivity contribution in [1.82, 2.24) is 0 Å². The maximum atomic E-state index is 9.58. The van der Waals surface area contributed by atoms with Crippen LogP contribution in [0.3, 0.4) is 0 Å². The summed E-state index contributed by atoms with van der Waals surface area (Å²) >= 11 is 6.16. The molecule has 0 radical (unpaired) electrons. The first kappa shape index (κ1) is 11.2. The van der Waals surface area contributed by atoms with E-state index in [-0.39, 0.29) is 5.41 Å². The van der Waals surface area contributed by atoms with Crippen molar-refractivity contribution < 1.29 is 14.6 Å². The number of aliphatic hydroxyl groups is 1. The van der Waals surface area contributed by atoms with Gasteiger partial charge in [-0.2, -0.15) is 0 Å². The minimum atomic E-state index is -0.556. The molecule has 0 aromatic heterocycles. The van der Waals surface area contributed by atoms with E-state index in [0.29, 0.717) is 29.7 Å². The van der Waals surface area contributed by atoms with E-state index in [1.54, 1.807) is 13.0 Å². The summed E-state index contributed by atoms with van der Waals surface area (Å²) in [6, 6.07) is 3.55. The molecule has 1 aliphatic heterocycles. The van der Waals surface area contributed by atoms with E-state index in [0.717, 1.165) is 18.4 Å². The van der Waals surface area contributed by atoms with Gasteiger partial charge < -0.3 is 14.6 Å². The van der Waals surface area contributed by atoms with Crippen molar-refractivity contribution in [2.75, 3.05) is 13.2 Å². The molecule has 3 nitrogen and oxygen atoms in total. The first-order chi connectivity index (χ1) is 8.10. The van der Waals surface area contributed by atoms with Gasteiger partial charge in [0.2, 0.25) is 0 Å². The van der Waals surface area contributed by atoms with Crippen molar-refractivity contribution >= 4 is 11.6 Å². The van der Waals surface area contributed by atoms with Crippen LogP contribution in [0.4, 0.5) is 0 Å². The van der Waals surface area contributed by atoms with Crippen LogP contribution >= 0.6 is 11.6 Å². The lowest BCUT2D eigenvalue weighted by Gasteiger charge is -2.12. The third kappa shape index (κ3) is 1.98. The second-order valence-corrected chi connectivity index (χ2v) is 5.49. The largest absolute Gasteiger partial charge is 0.489 e. The van der Waals surface area contributed by atoms with Gasteiger partial charge in [-0.05, 0) is 37.5 Å². The smallest absolute Gasteiger partial charge is 0.179 e. The number of halogens is 1. The van der Waals surface area contributed by atoms with E-state index < -0.39 is 6.10 Å². The lowest BCUT2D eigenvalue weighted by molar-refractivity contribution is 0.194. The molecule has 92 valence electrons. The summed E-state index contributed by atoms with van der Waals surface area (Å²) in [5.41, 5.74) is 0.956. The normalized spacial score (nSPS) is 22.1. The Balaban J connectivity index is 1.97. The molecule has 1 saturated carbocycles. The highest BCUT2D eigenvalue weighted by Crippen LogP contribution is 2.50. The number of hydrogen-bond donors (Lipinski definition) is 1. The van der Waals surface area contributed by atoms with Crippen LogP contribution in [-0.4, -0.2) is 18.3 Å². The highest BCUT2D eigenvalue weighted by Gasteiger charge is 2.46. The van der Waals surface area contributed by atoms with E-state index in [2.05, 4.69) is 0 Å². The Kier molecular flexibility index (Phi) is 2.49. The summed E-state index contributed by atoms with van der Waals surface area (Å²) in [4.78, 5) is 0. The molecule has 0 saturated heterocycles. The maximum absolute atomic E-state index is 9.58. The van der Waals surface area contributed by atoms with Gasteiger partial charge in [0.1, 0.15) is 0 Å². The Morgan fingerprint density at radius 3 is 2.65 bits per heavy atom. The molecule has 1 heterocycles. The molecule has 4 heteroatoms. The van der Waals surface area contributed by atoms with Crippen LogP contribution in [0.5, 0.6) is 11.5 Å². The molecule has 1 N–H and O–H groups in total. The minimum Gasteiger partial charge on any atom is -0.489 e. The Morgan fingerprint density at radius 2 is 2.00 bits per heavy atom. The number of aliphatic hydroxyl groups excluding tert-OH is 1. The number of fused-ring (bicyclic) bond motifs is 1. The van der Waals surface area contributed by atoms with Crippen molar-refractivity contribution in [3.8, 4) is 11.5 Å². The van der Waals surface area contributed by atoms with Crippen molar-refractivity contribution in [1.29, 1.82) is 0 Å². The van der Waals surface area contributed by atoms with Gasteiger partial charge in [0.25, 0.3) is 0 Å². The van der Waals surface area contributed by atoms with E-state index in [1.807, 2.05) is 6.07 Å². The summed E-state index contributed by atoms with van der Waals surface area (Å²) < 4.78 is 11.5. The van der Waals surface area contributed by atoms with Crippen LogP contribution in [0.2, 0.25) is 5.02 Å². The Bertz CT molecular complexity index is 452. The molecule has 1 atom stereocenters. The zero-order chi connectivity index (χ0) is 12.0. The molecule has 1 aromatic rings. The zero-order valence-electron chi connectivity index (χ0n) is 9.70. The van der Waals surface area contributed by atoms with Gasteiger partial charge in [-0.25, -0.2) is 0 Å². The monoisotopic (exact) mass is 254 g/mol. The number of ether oxygens (including phenoxy) is 2. The standard InChI is InChI=1S/C13H15ClO3/c1-8(15)9-4-10(14)12-11(5-9)16-6-13(2-3-13)7-17-12/h4-5,8,15H,2-3,6-7H2,1H3.